The van der Waals surface area contributed by atoms with E-state index in [1.165, 1.54) is 0 Å². The summed E-state index contributed by atoms with van der Waals surface area (Å²) in [5.74, 6) is -2.23. The first-order valence-corrected chi connectivity index (χ1v) is 6.95. The maximum Gasteiger partial charge on any atom is 0.391 e. The van der Waals surface area contributed by atoms with Crippen LogP contribution in [0, 0.1) is 5.92 Å². The third-order valence-corrected chi connectivity index (χ3v) is 4.54. The quantitative estimate of drug-likeness (QED) is 0.868. The second-order valence-corrected chi connectivity index (χ2v) is 5.71. The van der Waals surface area contributed by atoms with E-state index in [1.54, 1.807) is 0 Å². The molecule has 1 heterocycles. The Bertz CT molecular complexity index is 345. The van der Waals surface area contributed by atoms with Crippen LogP contribution in [0.25, 0.3) is 0 Å². The summed E-state index contributed by atoms with van der Waals surface area (Å²) in [4.78, 5) is 13.1. The van der Waals surface area contributed by atoms with Crippen LogP contribution in [0.15, 0.2) is 0 Å². The Hall–Kier alpha value is -0.820. The van der Waals surface area contributed by atoms with E-state index in [1.807, 2.05) is 4.90 Å². The van der Waals surface area contributed by atoms with Crippen LogP contribution >= 0.6 is 0 Å². The lowest BCUT2D eigenvalue weighted by Gasteiger charge is -2.48. The van der Waals surface area contributed by atoms with E-state index in [2.05, 4.69) is 0 Å². The fourth-order valence-corrected chi connectivity index (χ4v) is 3.41. The molecule has 1 saturated carbocycles. The lowest BCUT2D eigenvalue weighted by Crippen LogP contribution is -2.56. The summed E-state index contributed by atoms with van der Waals surface area (Å²) in [5, 5.41) is 9.11. The van der Waals surface area contributed by atoms with Gasteiger partial charge in [-0.15, -0.1) is 0 Å². The van der Waals surface area contributed by atoms with Crippen molar-refractivity contribution >= 4 is 5.97 Å². The summed E-state index contributed by atoms with van der Waals surface area (Å²) in [7, 11) is 0. The minimum Gasteiger partial charge on any atom is -0.481 e. The molecule has 0 aromatic carbocycles. The van der Waals surface area contributed by atoms with Gasteiger partial charge in [-0.25, -0.2) is 0 Å². The number of morpholine rings is 1. The number of ether oxygens (including phenoxy) is 1. The Balaban J connectivity index is 2.08. The van der Waals surface area contributed by atoms with Crippen LogP contribution in [0.1, 0.15) is 32.1 Å². The zero-order chi connectivity index (χ0) is 14.8. The van der Waals surface area contributed by atoms with Gasteiger partial charge in [0.1, 0.15) is 0 Å². The molecule has 7 heteroatoms. The summed E-state index contributed by atoms with van der Waals surface area (Å²) in [6.07, 6.45) is -3.62. The summed E-state index contributed by atoms with van der Waals surface area (Å²) in [5.41, 5.74) is -0.628. The Kier molecular flexibility index (Phi) is 4.59. The number of carbonyl (C=O) groups is 1. The predicted molar refractivity (Wildman–Crippen MR) is 65.4 cm³/mol. The van der Waals surface area contributed by atoms with E-state index < -0.39 is 23.6 Å². The summed E-state index contributed by atoms with van der Waals surface area (Å²) in [6, 6.07) is 0. The van der Waals surface area contributed by atoms with E-state index in [0.29, 0.717) is 39.1 Å². The Morgan fingerprint density at radius 1 is 1.25 bits per heavy atom. The Labute approximate surface area is 115 Å². The molecule has 20 heavy (non-hydrogen) atoms. The monoisotopic (exact) mass is 295 g/mol. The molecule has 0 spiro atoms. The number of carboxylic acids is 1. The highest BCUT2D eigenvalue weighted by Gasteiger charge is 2.48. The molecule has 0 aromatic rings. The van der Waals surface area contributed by atoms with E-state index >= 15 is 0 Å². The normalized spacial score (nSPS) is 33.0. The Morgan fingerprint density at radius 3 is 2.25 bits per heavy atom. The van der Waals surface area contributed by atoms with Crippen molar-refractivity contribution in [2.45, 2.75) is 43.8 Å². The van der Waals surface area contributed by atoms with Crippen molar-refractivity contribution in [1.29, 1.82) is 0 Å². The molecule has 0 aromatic heterocycles. The molecule has 0 amide bonds. The standard InChI is InChI=1S/C13H20F3NO3/c14-13(15,16)10-1-3-12(4-2-10,9-11(18)19)17-5-7-20-8-6-17/h10H,1-9H2,(H,18,19). The molecule has 4 nitrogen and oxygen atoms in total. The van der Waals surface area contributed by atoms with E-state index in [-0.39, 0.29) is 19.3 Å². The molecule has 2 aliphatic rings. The van der Waals surface area contributed by atoms with E-state index in [0.717, 1.165) is 0 Å². The van der Waals surface area contributed by atoms with Gasteiger partial charge in [0.2, 0.25) is 0 Å². The average Bonchev–Trinajstić information content (AvgIpc) is 2.38. The molecule has 0 unspecified atom stereocenters. The van der Waals surface area contributed by atoms with Crippen molar-refractivity contribution in [2.24, 2.45) is 5.92 Å². The van der Waals surface area contributed by atoms with Crippen molar-refractivity contribution < 1.29 is 27.8 Å². The number of rotatable bonds is 3. The fourth-order valence-electron chi connectivity index (χ4n) is 3.41. The van der Waals surface area contributed by atoms with E-state index in [4.69, 9.17) is 9.84 Å². The fraction of sp³-hybridized carbons (Fsp3) is 0.923. The summed E-state index contributed by atoms with van der Waals surface area (Å²) in [6.45, 7) is 2.24. The highest BCUT2D eigenvalue weighted by atomic mass is 19.4. The molecule has 1 aliphatic heterocycles. The maximum absolute atomic E-state index is 12.7. The molecule has 0 atom stereocenters. The zero-order valence-electron chi connectivity index (χ0n) is 11.3. The molecule has 0 bridgehead atoms. The van der Waals surface area contributed by atoms with Crippen LogP contribution in [-0.4, -0.2) is 54.0 Å². The molecule has 2 rings (SSSR count). The highest BCUT2D eigenvalue weighted by molar-refractivity contribution is 5.68. The van der Waals surface area contributed by atoms with Gasteiger partial charge >= 0.3 is 12.1 Å². The van der Waals surface area contributed by atoms with Crippen molar-refractivity contribution in [3.8, 4) is 0 Å². The maximum atomic E-state index is 12.7. The number of hydrogen-bond acceptors (Lipinski definition) is 3. The average molecular weight is 295 g/mol. The second kappa shape index (κ2) is 5.89. The molecular weight excluding hydrogens is 275 g/mol. The van der Waals surface area contributed by atoms with Gasteiger partial charge in [-0.1, -0.05) is 0 Å². The SMILES string of the molecule is O=C(O)CC1(N2CCOCC2)CCC(C(F)(F)F)CC1. The van der Waals surface area contributed by atoms with Crippen molar-refractivity contribution in [1.82, 2.24) is 4.90 Å². The van der Waals surface area contributed by atoms with Crippen LogP contribution in [0.2, 0.25) is 0 Å². The van der Waals surface area contributed by atoms with Gasteiger partial charge < -0.3 is 9.84 Å². The first-order valence-electron chi connectivity index (χ1n) is 6.95. The molecular formula is C13H20F3NO3. The number of carboxylic acid groups (broad SMARTS) is 1. The second-order valence-electron chi connectivity index (χ2n) is 5.71. The Morgan fingerprint density at radius 2 is 1.80 bits per heavy atom. The van der Waals surface area contributed by atoms with Crippen molar-refractivity contribution in [2.75, 3.05) is 26.3 Å². The van der Waals surface area contributed by atoms with Gasteiger partial charge in [0, 0.05) is 18.6 Å². The zero-order valence-corrected chi connectivity index (χ0v) is 11.3. The lowest BCUT2D eigenvalue weighted by molar-refractivity contribution is -0.191. The van der Waals surface area contributed by atoms with Gasteiger partial charge in [0.15, 0.2) is 0 Å². The van der Waals surface area contributed by atoms with Crippen molar-refractivity contribution in [3.05, 3.63) is 0 Å². The number of hydrogen-bond donors (Lipinski definition) is 1. The van der Waals surface area contributed by atoms with Crippen LogP contribution in [0.5, 0.6) is 0 Å². The lowest BCUT2D eigenvalue weighted by atomic mass is 9.73. The van der Waals surface area contributed by atoms with Gasteiger partial charge in [-0.05, 0) is 25.7 Å². The van der Waals surface area contributed by atoms with Gasteiger partial charge in [0.05, 0.1) is 25.6 Å². The minimum atomic E-state index is -4.17. The smallest absolute Gasteiger partial charge is 0.391 e. The predicted octanol–water partition coefficient (Wildman–Crippen LogP) is 2.28. The molecule has 2 fully saturated rings. The molecule has 1 N–H and O–H groups in total. The number of halogens is 3. The highest BCUT2D eigenvalue weighted by Crippen LogP contribution is 2.45. The third-order valence-electron chi connectivity index (χ3n) is 4.54. The molecule has 0 radical (unpaired) electrons. The topological polar surface area (TPSA) is 49.8 Å². The molecule has 1 aliphatic carbocycles. The van der Waals surface area contributed by atoms with Gasteiger partial charge in [-0.2, -0.15) is 13.2 Å². The van der Waals surface area contributed by atoms with Gasteiger partial charge in [0.25, 0.3) is 0 Å². The van der Waals surface area contributed by atoms with Gasteiger partial charge in [-0.3, -0.25) is 9.69 Å². The van der Waals surface area contributed by atoms with Crippen LogP contribution in [0.4, 0.5) is 13.2 Å². The van der Waals surface area contributed by atoms with Crippen LogP contribution in [0.3, 0.4) is 0 Å². The largest absolute Gasteiger partial charge is 0.481 e. The first-order chi connectivity index (χ1) is 9.33. The minimum absolute atomic E-state index is 0.0220. The van der Waals surface area contributed by atoms with E-state index in [9.17, 15) is 18.0 Å². The summed E-state index contributed by atoms with van der Waals surface area (Å²) < 4.78 is 43.5. The first kappa shape index (κ1) is 15.6. The van der Waals surface area contributed by atoms with Crippen LogP contribution < -0.4 is 0 Å². The molecule has 116 valence electrons. The number of nitrogens with zero attached hydrogens (tertiary/aromatic N) is 1. The third kappa shape index (κ3) is 3.44. The summed E-state index contributed by atoms with van der Waals surface area (Å²) >= 11 is 0. The number of alkyl halides is 3. The van der Waals surface area contributed by atoms with Crippen molar-refractivity contribution in [3.63, 3.8) is 0 Å². The molecule has 1 saturated heterocycles. The number of aliphatic carboxylic acids is 1. The van der Waals surface area contributed by atoms with Crippen LogP contribution in [-0.2, 0) is 9.53 Å².